The summed E-state index contributed by atoms with van der Waals surface area (Å²) in [5.41, 5.74) is 0. The van der Waals surface area contributed by atoms with Crippen molar-refractivity contribution in [1.29, 1.82) is 0 Å². The lowest BCUT2D eigenvalue weighted by atomic mass is 10.1. The van der Waals surface area contributed by atoms with Crippen LogP contribution in [-0.2, 0) is 13.9 Å². The zero-order valence-corrected chi connectivity index (χ0v) is 17.3. The van der Waals surface area contributed by atoms with E-state index in [1.807, 2.05) is 26.0 Å². The summed E-state index contributed by atoms with van der Waals surface area (Å²) in [5.74, 6) is -0.573. The molecule has 142 valence electrons. The zero-order chi connectivity index (χ0) is 18.6. The summed E-state index contributed by atoms with van der Waals surface area (Å²) < 4.78 is 18.3. The van der Waals surface area contributed by atoms with Crippen LogP contribution in [0.2, 0.25) is 18.1 Å². The minimum Gasteiger partial charge on any atom is -0.411 e. The summed E-state index contributed by atoms with van der Waals surface area (Å²) in [5, 5.41) is 18.4. The third-order valence-electron chi connectivity index (χ3n) is 4.85. The summed E-state index contributed by atoms with van der Waals surface area (Å²) in [6.07, 6.45) is 4.17. The van der Waals surface area contributed by atoms with Crippen LogP contribution in [0.3, 0.4) is 0 Å². The van der Waals surface area contributed by atoms with Gasteiger partial charge in [-0.25, -0.2) is 0 Å². The molecule has 0 aromatic heterocycles. The van der Waals surface area contributed by atoms with Crippen LogP contribution >= 0.6 is 0 Å². The Morgan fingerprint density at radius 2 is 1.83 bits per heavy atom. The monoisotopic (exact) mass is 360 g/mol. The topological polar surface area (TPSA) is 68.2 Å². The molecule has 24 heavy (non-hydrogen) atoms. The van der Waals surface area contributed by atoms with Crippen LogP contribution in [0, 0.1) is 0 Å². The van der Waals surface area contributed by atoms with Crippen LogP contribution in [0.4, 0.5) is 0 Å². The Hall–Kier alpha value is -0.243. The van der Waals surface area contributed by atoms with Gasteiger partial charge in [0.25, 0.3) is 0 Å². The van der Waals surface area contributed by atoms with E-state index in [4.69, 9.17) is 19.0 Å². The maximum Gasteiger partial charge on any atom is 0.192 e. The first-order valence-electron chi connectivity index (χ1n) is 8.81. The van der Waals surface area contributed by atoms with Crippen LogP contribution in [0.15, 0.2) is 12.2 Å². The lowest BCUT2D eigenvalue weighted by Crippen LogP contribution is -2.47. The molecule has 0 aromatic carbocycles. The van der Waals surface area contributed by atoms with Crippen molar-refractivity contribution in [2.24, 2.45) is 0 Å². The first-order valence-corrected chi connectivity index (χ1v) is 11.7. The molecule has 1 saturated heterocycles. The average molecular weight is 361 g/mol. The molecular formula is C18H36O5Si. The molecule has 1 rings (SSSR count). The fourth-order valence-electron chi connectivity index (χ4n) is 2.29. The molecule has 1 fully saturated rings. The van der Waals surface area contributed by atoms with Crippen molar-refractivity contribution in [2.75, 3.05) is 13.2 Å². The third-order valence-corrected chi connectivity index (χ3v) is 9.36. The molecule has 0 radical (unpaired) electrons. The molecule has 3 atom stereocenters. The van der Waals surface area contributed by atoms with Gasteiger partial charge in [0.05, 0.1) is 25.4 Å². The summed E-state index contributed by atoms with van der Waals surface area (Å²) in [6.45, 7) is 15.3. The minimum absolute atomic E-state index is 0.0739. The highest BCUT2D eigenvalue weighted by atomic mass is 28.4. The van der Waals surface area contributed by atoms with Gasteiger partial charge < -0.3 is 24.1 Å². The van der Waals surface area contributed by atoms with Gasteiger partial charge in [-0.1, -0.05) is 32.9 Å². The molecule has 1 unspecified atom stereocenters. The number of aliphatic hydroxyl groups is 2. The normalized spacial score (nSPS) is 24.5. The minimum atomic E-state index is -1.93. The highest BCUT2D eigenvalue weighted by Crippen LogP contribution is 2.39. The predicted molar refractivity (Wildman–Crippen MR) is 98.4 cm³/mol. The van der Waals surface area contributed by atoms with Gasteiger partial charge in [0.15, 0.2) is 14.1 Å². The first kappa shape index (κ1) is 21.8. The molecule has 1 heterocycles. The van der Waals surface area contributed by atoms with Crippen LogP contribution in [0.5, 0.6) is 0 Å². The second kappa shape index (κ2) is 8.43. The van der Waals surface area contributed by atoms with Crippen molar-refractivity contribution in [1.82, 2.24) is 0 Å². The molecule has 0 saturated carbocycles. The van der Waals surface area contributed by atoms with Gasteiger partial charge in [-0.3, -0.25) is 0 Å². The molecule has 0 aromatic rings. The quantitative estimate of drug-likeness (QED) is 0.514. The van der Waals surface area contributed by atoms with Gasteiger partial charge in [0.2, 0.25) is 0 Å². The zero-order valence-electron chi connectivity index (χ0n) is 16.3. The third kappa shape index (κ3) is 6.58. The molecule has 6 heteroatoms. The van der Waals surface area contributed by atoms with Crippen molar-refractivity contribution < 1.29 is 24.1 Å². The van der Waals surface area contributed by atoms with E-state index in [-0.39, 0.29) is 23.9 Å². The fourth-order valence-corrected chi connectivity index (χ4v) is 3.65. The molecule has 2 N–H and O–H groups in total. The Morgan fingerprint density at radius 3 is 2.29 bits per heavy atom. The second-order valence-corrected chi connectivity index (χ2v) is 13.3. The maximum atomic E-state index is 9.43. The number of ether oxygens (including phenoxy) is 2. The highest BCUT2D eigenvalue weighted by Gasteiger charge is 2.44. The van der Waals surface area contributed by atoms with E-state index in [9.17, 15) is 5.11 Å². The fraction of sp³-hybridized carbons (Fsp3) is 0.889. The predicted octanol–water partition coefficient (Wildman–Crippen LogP) is 3.22. The van der Waals surface area contributed by atoms with E-state index < -0.39 is 20.2 Å². The SMILES string of the molecule is CC1(C)OC[C@H]([C@H](C/C=C\CC(O)CO)O[Si](C)(C)C(C)(C)C)O1. The summed E-state index contributed by atoms with van der Waals surface area (Å²) in [6, 6.07) is 0. The summed E-state index contributed by atoms with van der Waals surface area (Å²) >= 11 is 0. The number of rotatable bonds is 8. The summed E-state index contributed by atoms with van der Waals surface area (Å²) in [4.78, 5) is 0. The molecule has 5 nitrogen and oxygen atoms in total. The molecule has 1 aliphatic rings. The van der Waals surface area contributed by atoms with Gasteiger partial charge in [-0.2, -0.15) is 0 Å². The van der Waals surface area contributed by atoms with E-state index in [1.165, 1.54) is 0 Å². The Kier molecular flexibility index (Phi) is 7.65. The number of hydrogen-bond donors (Lipinski definition) is 2. The Bertz CT molecular complexity index is 414. The lowest BCUT2D eigenvalue weighted by molar-refractivity contribution is -0.149. The van der Waals surface area contributed by atoms with Gasteiger partial charge in [0.1, 0.15) is 6.10 Å². The Labute approximate surface area is 148 Å². The van der Waals surface area contributed by atoms with Crippen LogP contribution < -0.4 is 0 Å². The van der Waals surface area contributed by atoms with E-state index in [1.54, 1.807) is 0 Å². The average Bonchev–Trinajstić information content (AvgIpc) is 2.80. The molecule has 0 aliphatic carbocycles. The molecule has 0 amide bonds. The summed E-state index contributed by atoms with van der Waals surface area (Å²) in [7, 11) is -1.93. The van der Waals surface area contributed by atoms with Gasteiger partial charge in [-0.15, -0.1) is 0 Å². The van der Waals surface area contributed by atoms with Crippen molar-refractivity contribution in [3.05, 3.63) is 12.2 Å². The van der Waals surface area contributed by atoms with Crippen molar-refractivity contribution in [2.45, 2.75) is 89.7 Å². The maximum absolute atomic E-state index is 9.43. The Morgan fingerprint density at radius 1 is 1.25 bits per heavy atom. The van der Waals surface area contributed by atoms with Gasteiger partial charge in [-0.05, 0) is 44.8 Å². The first-order chi connectivity index (χ1) is 10.9. The van der Waals surface area contributed by atoms with E-state index in [2.05, 4.69) is 33.9 Å². The van der Waals surface area contributed by atoms with Crippen molar-refractivity contribution in [3.63, 3.8) is 0 Å². The number of hydrogen-bond acceptors (Lipinski definition) is 5. The second-order valence-electron chi connectivity index (χ2n) is 8.56. The van der Waals surface area contributed by atoms with E-state index in [0.717, 1.165) is 0 Å². The van der Waals surface area contributed by atoms with Crippen LogP contribution in [0.1, 0.15) is 47.5 Å². The highest BCUT2D eigenvalue weighted by molar-refractivity contribution is 6.74. The van der Waals surface area contributed by atoms with Gasteiger partial charge in [0, 0.05) is 0 Å². The molecule has 0 spiro atoms. The van der Waals surface area contributed by atoms with Gasteiger partial charge >= 0.3 is 0 Å². The van der Waals surface area contributed by atoms with Crippen LogP contribution in [0.25, 0.3) is 0 Å². The number of aliphatic hydroxyl groups excluding tert-OH is 2. The smallest absolute Gasteiger partial charge is 0.192 e. The standard InChI is InChI=1S/C18H36O5Si/c1-17(2,3)24(6,7)23-15(11-9-8-10-14(20)12-19)16-13-21-18(4,5)22-16/h8-9,14-16,19-20H,10-13H2,1-7H3/b9-8-/t14?,15-,16+/m0/s1. The van der Waals surface area contributed by atoms with Crippen LogP contribution in [-0.4, -0.2) is 55.8 Å². The van der Waals surface area contributed by atoms with Crippen molar-refractivity contribution >= 4 is 8.32 Å². The largest absolute Gasteiger partial charge is 0.411 e. The van der Waals surface area contributed by atoms with E-state index >= 15 is 0 Å². The molecule has 0 bridgehead atoms. The molecular weight excluding hydrogens is 324 g/mol. The Balaban J connectivity index is 2.77. The molecule has 1 aliphatic heterocycles. The van der Waals surface area contributed by atoms with E-state index in [0.29, 0.717) is 19.4 Å². The lowest BCUT2D eigenvalue weighted by Gasteiger charge is -2.40. The van der Waals surface area contributed by atoms with Crippen molar-refractivity contribution in [3.8, 4) is 0 Å².